The van der Waals surface area contributed by atoms with Gasteiger partial charge >= 0.3 is 5.97 Å². The van der Waals surface area contributed by atoms with Crippen LogP contribution in [0.2, 0.25) is 0 Å². The van der Waals surface area contributed by atoms with Gasteiger partial charge in [0, 0.05) is 0 Å². The summed E-state index contributed by atoms with van der Waals surface area (Å²) in [7, 11) is 0. The molecule has 0 unspecified atom stereocenters. The molecule has 0 amide bonds. The zero-order chi connectivity index (χ0) is 15.4. The number of benzene rings is 1. The van der Waals surface area contributed by atoms with Gasteiger partial charge in [-0.25, -0.2) is 4.79 Å². The van der Waals surface area contributed by atoms with E-state index in [1.807, 2.05) is 6.07 Å². The van der Waals surface area contributed by atoms with E-state index in [-0.39, 0.29) is 19.2 Å². The first kappa shape index (κ1) is 18.0. The molecule has 0 atom stereocenters. The minimum atomic E-state index is -2.63. The quantitative estimate of drug-likeness (QED) is 0.483. The maximum atomic E-state index is 10.8. The van der Waals surface area contributed by atoms with Gasteiger partial charge < -0.3 is 9.84 Å². The largest absolute Gasteiger partial charge is 0.463 e. The van der Waals surface area contributed by atoms with Crippen LogP contribution in [0.15, 0.2) is 30.3 Å². The molecule has 0 aliphatic heterocycles. The minimum Gasteiger partial charge on any atom is -0.463 e. The molecule has 0 saturated heterocycles. The molecular formula is C15H20O5. The van der Waals surface area contributed by atoms with Gasteiger partial charge in [-0.2, -0.15) is 0 Å². The minimum absolute atomic E-state index is 0.0722. The summed E-state index contributed by atoms with van der Waals surface area (Å²) < 4.78 is 4.39. The van der Waals surface area contributed by atoms with Crippen molar-refractivity contribution in [3.63, 3.8) is 0 Å². The Balaban J connectivity index is 0.000000388. The first-order valence-electron chi connectivity index (χ1n) is 6.40. The predicted octanol–water partition coefficient (Wildman–Crippen LogP) is 1.32. The average molecular weight is 280 g/mol. The highest BCUT2D eigenvalue weighted by Crippen LogP contribution is 2.00. The Morgan fingerprint density at radius 2 is 1.75 bits per heavy atom. The van der Waals surface area contributed by atoms with Crippen LogP contribution in [-0.4, -0.2) is 35.9 Å². The summed E-state index contributed by atoms with van der Waals surface area (Å²) >= 11 is 0. The number of esters is 1. The molecule has 0 aliphatic carbocycles. The smallest absolute Gasteiger partial charge is 0.353 e. The van der Waals surface area contributed by atoms with Crippen LogP contribution >= 0.6 is 0 Å². The number of hydrogen-bond acceptors (Lipinski definition) is 5. The molecule has 1 aromatic rings. The molecule has 0 saturated carbocycles. The van der Waals surface area contributed by atoms with Gasteiger partial charge in [-0.15, -0.1) is 0 Å². The summed E-state index contributed by atoms with van der Waals surface area (Å²) in [4.78, 5) is 30.9. The third-order valence-electron chi connectivity index (χ3n) is 2.37. The van der Waals surface area contributed by atoms with E-state index in [0.717, 1.165) is 6.42 Å². The second-order valence-electron chi connectivity index (χ2n) is 4.04. The zero-order valence-electron chi connectivity index (χ0n) is 11.7. The molecule has 0 aromatic heterocycles. The van der Waals surface area contributed by atoms with Gasteiger partial charge in [0.2, 0.25) is 0 Å². The van der Waals surface area contributed by atoms with Gasteiger partial charge in [-0.1, -0.05) is 44.2 Å². The van der Waals surface area contributed by atoms with Crippen LogP contribution in [0.5, 0.6) is 0 Å². The number of hydrogen-bond donors (Lipinski definition) is 1. The first-order chi connectivity index (χ1) is 9.53. The molecule has 0 fully saturated rings. The highest BCUT2D eigenvalue weighted by molar-refractivity contribution is 6.11. The highest BCUT2D eigenvalue weighted by Gasteiger charge is 2.37. The molecule has 20 heavy (non-hydrogen) atoms. The topological polar surface area (TPSA) is 80.7 Å². The maximum absolute atomic E-state index is 10.8. The number of ether oxygens (including phenoxy) is 1. The van der Waals surface area contributed by atoms with Crippen LogP contribution in [0.4, 0.5) is 0 Å². The lowest BCUT2D eigenvalue weighted by molar-refractivity contribution is -0.167. The molecule has 0 spiro atoms. The summed E-state index contributed by atoms with van der Waals surface area (Å²) in [5, 5.41) is 8.91. The Morgan fingerprint density at radius 1 is 1.20 bits per heavy atom. The van der Waals surface area contributed by atoms with Crippen molar-refractivity contribution in [1.29, 1.82) is 0 Å². The number of carbonyl (C=O) groups is 3. The Kier molecular flexibility index (Phi) is 8.87. The Morgan fingerprint density at radius 3 is 2.10 bits per heavy atom. The fourth-order valence-corrected chi connectivity index (χ4v) is 1.15. The molecular weight excluding hydrogens is 260 g/mol. The van der Waals surface area contributed by atoms with Crippen molar-refractivity contribution in [2.45, 2.75) is 32.3 Å². The van der Waals surface area contributed by atoms with Crippen molar-refractivity contribution in [1.82, 2.24) is 0 Å². The lowest BCUT2D eigenvalue weighted by Gasteiger charge is -2.11. The lowest BCUT2D eigenvalue weighted by atomic mass is 10.1. The van der Waals surface area contributed by atoms with E-state index in [1.54, 1.807) is 6.92 Å². The van der Waals surface area contributed by atoms with Gasteiger partial charge in [0.05, 0.1) is 6.61 Å². The molecule has 0 aliphatic rings. The molecule has 1 rings (SSSR count). The van der Waals surface area contributed by atoms with Gasteiger partial charge in [0.1, 0.15) is 0 Å². The van der Waals surface area contributed by atoms with Crippen LogP contribution in [0.3, 0.4) is 0 Å². The highest BCUT2D eigenvalue weighted by atomic mass is 16.6. The van der Waals surface area contributed by atoms with Crippen molar-refractivity contribution in [2.75, 3.05) is 6.61 Å². The number of aryl methyl sites for hydroxylation is 1. The van der Waals surface area contributed by atoms with Gasteiger partial charge in [-0.3, -0.25) is 9.59 Å². The Labute approximate surface area is 118 Å². The van der Waals surface area contributed by atoms with Crippen LogP contribution in [0, 0.1) is 0 Å². The van der Waals surface area contributed by atoms with Crippen LogP contribution in [-0.2, 0) is 25.5 Å². The maximum Gasteiger partial charge on any atom is 0.353 e. The zero-order valence-corrected chi connectivity index (χ0v) is 11.7. The number of aliphatic hydroxyl groups is 1. The average Bonchev–Trinajstić information content (AvgIpc) is 2.53. The van der Waals surface area contributed by atoms with Gasteiger partial charge in [0.25, 0.3) is 5.60 Å². The summed E-state index contributed by atoms with van der Waals surface area (Å²) in [5.74, 6) is -1.23. The van der Waals surface area contributed by atoms with Gasteiger partial charge in [0.15, 0.2) is 12.6 Å². The second kappa shape index (κ2) is 9.86. The molecule has 1 N–H and O–H groups in total. The first-order valence-corrected chi connectivity index (χ1v) is 6.40. The fourth-order valence-electron chi connectivity index (χ4n) is 1.15. The molecule has 0 heterocycles. The summed E-state index contributed by atoms with van der Waals surface area (Å²) in [5.41, 5.74) is -1.22. The summed E-state index contributed by atoms with van der Waals surface area (Å²) in [6.07, 6.45) is 1.39. The SMILES string of the molecule is CCCOC(=O)C(O)(C=O)C=O.CCc1ccccc1. The van der Waals surface area contributed by atoms with E-state index in [1.165, 1.54) is 5.56 Å². The second-order valence-corrected chi connectivity index (χ2v) is 4.04. The Bertz CT molecular complexity index is 406. The van der Waals surface area contributed by atoms with Crippen LogP contribution < -0.4 is 0 Å². The third kappa shape index (κ3) is 6.24. The molecule has 0 bridgehead atoms. The summed E-state index contributed by atoms with van der Waals surface area (Å²) in [6.45, 7) is 3.98. The van der Waals surface area contributed by atoms with E-state index in [4.69, 9.17) is 5.11 Å². The number of carbonyl (C=O) groups excluding carboxylic acids is 3. The fraction of sp³-hybridized carbons (Fsp3) is 0.400. The molecule has 0 radical (unpaired) electrons. The van der Waals surface area contributed by atoms with E-state index < -0.39 is 11.6 Å². The van der Waals surface area contributed by atoms with Crippen molar-refractivity contribution in [3.8, 4) is 0 Å². The molecule has 5 heteroatoms. The number of rotatable bonds is 6. The van der Waals surface area contributed by atoms with E-state index >= 15 is 0 Å². The van der Waals surface area contributed by atoms with E-state index in [0.29, 0.717) is 6.42 Å². The van der Waals surface area contributed by atoms with Crippen LogP contribution in [0.1, 0.15) is 25.8 Å². The van der Waals surface area contributed by atoms with Crippen molar-refractivity contribution < 1.29 is 24.2 Å². The van der Waals surface area contributed by atoms with Crippen molar-refractivity contribution in [3.05, 3.63) is 35.9 Å². The van der Waals surface area contributed by atoms with E-state index in [2.05, 4.69) is 35.9 Å². The third-order valence-corrected chi connectivity index (χ3v) is 2.37. The summed E-state index contributed by atoms with van der Waals surface area (Å²) in [6, 6.07) is 10.5. The van der Waals surface area contributed by atoms with E-state index in [9.17, 15) is 14.4 Å². The molecule has 110 valence electrons. The van der Waals surface area contributed by atoms with Gasteiger partial charge in [-0.05, 0) is 18.4 Å². The molecule has 5 nitrogen and oxygen atoms in total. The molecule has 1 aromatic carbocycles. The standard InChI is InChI=1S/C8H10.C7H10O5/c1-2-8-6-4-3-5-7-8;1-2-3-12-6(10)7(11,4-8)5-9/h3-7H,2H2,1H3;4-5,11H,2-3H2,1H3. The normalized spacial score (nSPS) is 9.95. The monoisotopic (exact) mass is 280 g/mol. The predicted molar refractivity (Wildman–Crippen MR) is 74.1 cm³/mol. The Hall–Kier alpha value is -2.01. The lowest BCUT2D eigenvalue weighted by Crippen LogP contribution is -2.43. The van der Waals surface area contributed by atoms with Crippen molar-refractivity contribution in [2.24, 2.45) is 0 Å². The van der Waals surface area contributed by atoms with Crippen LogP contribution in [0.25, 0.3) is 0 Å². The van der Waals surface area contributed by atoms with Crippen molar-refractivity contribution >= 4 is 18.5 Å². The number of aldehydes is 2.